The van der Waals surface area contributed by atoms with E-state index in [-0.39, 0.29) is 5.54 Å². The van der Waals surface area contributed by atoms with Crippen molar-refractivity contribution in [2.45, 2.75) is 38.1 Å². The fourth-order valence-corrected chi connectivity index (χ4v) is 3.81. The minimum Gasteiger partial charge on any atom is -0.299 e. The van der Waals surface area contributed by atoms with E-state index in [0.29, 0.717) is 0 Å². The number of benzene rings is 2. The van der Waals surface area contributed by atoms with Crippen LogP contribution in [-0.4, -0.2) is 5.71 Å². The van der Waals surface area contributed by atoms with Gasteiger partial charge in [0, 0.05) is 12.1 Å². The second kappa shape index (κ2) is 4.73. The first-order valence-corrected chi connectivity index (χ1v) is 7.76. The number of rotatable bonds is 1. The van der Waals surface area contributed by atoms with E-state index in [0.717, 1.165) is 6.42 Å². The highest BCUT2D eigenvalue weighted by atomic mass is 15.4. The van der Waals surface area contributed by atoms with Gasteiger partial charge in [0.25, 0.3) is 0 Å². The van der Waals surface area contributed by atoms with Gasteiger partial charge in [-0.25, -0.2) is 0 Å². The molecule has 2 nitrogen and oxygen atoms in total. The summed E-state index contributed by atoms with van der Waals surface area (Å²) in [4.78, 5) is 0. The van der Waals surface area contributed by atoms with Gasteiger partial charge in [0.2, 0.25) is 0 Å². The molecule has 2 aromatic carbocycles. The Hall–Kier alpha value is -2.09. The fraction of sp³-hybridized carbons (Fsp3) is 0.316. The molecule has 0 amide bonds. The Kier molecular flexibility index (Phi) is 2.85. The van der Waals surface area contributed by atoms with Crippen molar-refractivity contribution in [2.24, 2.45) is 5.10 Å². The summed E-state index contributed by atoms with van der Waals surface area (Å²) in [7, 11) is 0. The molecule has 0 fully saturated rings. The van der Waals surface area contributed by atoms with Crippen LogP contribution in [0.2, 0.25) is 0 Å². The van der Waals surface area contributed by atoms with Gasteiger partial charge in [0.05, 0.1) is 5.54 Å². The highest BCUT2D eigenvalue weighted by Crippen LogP contribution is 2.41. The lowest BCUT2D eigenvalue weighted by atomic mass is 9.74. The largest absolute Gasteiger partial charge is 0.299 e. The van der Waals surface area contributed by atoms with E-state index < -0.39 is 0 Å². The zero-order chi connectivity index (χ0) is 14.3. The molecule has 21 heavy (non-hydrogen) atoms. The Morgan fingerprint density at radius 1 is 1.05 bits per heavy atom. The predicted octanol–water partition coefficient (Wildman–Crippen LogP) is 4.25. The standard InChI is InChI=1S/C19H20N2/c1-14-13-19(21-20-14)11-5-8-17-12-16(9-10-18(17)19)15-6-3-2-4-7-15/h2-4,6-7,9-10,12,21H,5,8,11,13H2,1H3/t19-/m1/s1. The average Bonchev–Trinajstić information content (AvgIpc) is 2.90. The van der Waals surface area contributed by atoms with Gasteiger partial charge in [-0.2, -0.15) is 5.10 Å². The SMILES string of the molecule is CC1=NN[C@]2(CCCc3cc(-c4ccccc4)ccc32)C1. The lowest BCUT2D eigenvalue weighted by Gasteiger charge is -2.35. The van der Waals surface area contributed by atoms with Gasteiger partial charge in [0.1, 0.15) is 0 Å². The molecule has 0 aromatic heterocycles. The zero-order valence-corrected chi connectivity index (χ0v) is 12.4. The summed E-state index contributed by atoms with van der Waals surface area (Å²) in [5.74, 6) is 0. The van der Waals surface area contributed by atoms with Crippen LogP contribution in [0.15, 0.2) is 53.6 Å². The first kappa shape index (κ1) is 12.6. The molecule has 0 saturated carbocycles. The van der Waals surface area contributed by atoms with Crippen molar-refractivity contribution in [3.8, 4) is 11.1 Å². The van der Waals surface area contributed by atoms with Crippen molar-refractivity contribution in [2.75, 3.05) is 0 Å². The van der Waals surface area contributed by atoms with Gasteiger partial charge >= 0.3 is 0 Å². The maximum Gasteiger partial charge on any atom is 0.0852 e. The van der Waals surface area contributed by atoms with E-state index in [1.54, 1.807) is 0 Å². The van der Waals surface area contributed by atoms with Crippen molar-refractivity contribution in [1.29, 1.82) is 0 Å². The van der Waals surface area contributed by atoms with Crippen molar-refractivity contribution >= 4 is 5.71 Å². The van der Waals surface area contributed by atoms with E-state index in [9.17, 15) is 0 Å². The van der Waals surface area contributed by atoms with Crippen molar-refractivity contribution in [3.63, 3.8) is 0 Å². The van der Waals surface area contributed by atoms with Crippen LogP contribution in [0.5, 0.6) is 0 Å². The van der Waals surface area contributed by atoms with Gasteiger partial charge in [-0.15, -0.1) is 0 Å². The molecule has 4 rings (SSSR count). The highest BCUT2D eigenvalue weighted by molar-refractivity contribution is 5.85. The molecule has 0 bridgehead atoms. The van der Waals surface area contributed by atoms with E-state index in [1.807, 2.05) is 0 Å². The molecular formula is C19H20N2. The molecule has 0 radical (unpaired) electrons. The molecule has 2 heteroatoms. The second-order valence-corrected chi connectivity index (χ2v) is 6.31. The maximum absolute atomic E-state index is 4.46. The minimum absolute atomic E-state index is 0.0624. The van der Waals surface area contributed by atoms with E-state index >= 15 is 0 Å². The van der Waals surface area contributed by atoms with E-state index in [2.05, 4.69) is 66.0 Å². The number of nitrogens with one attached hydrogen (secondary N) is 1. The lowest BCUT2D eigenvalue weighted by Crippen LogP contribution is -2.39. The van der Waals surface area contributed by atoms with Gasteiger partial charge < -0.3 is 0 Å². The third-order valence-electron chi connectivity index (χ3n) is 4.80. The molecule has 1 spiro atoms. The Morgan fingerprint density at radius 2 is 1.90 bits per heavy atom. The number of hydrogen-bond donors (Lipinski definition) is 1. The first-order valence-electron chi connectivity index (χ1n) is 7.76. The summed E-state index contributed by atoms with van der Waals surface area (Å²) in [5.41, 5.74) is 10.3. The van der Waals surface area contributed by atoms with Crippen LogP contribution in [0.25, 0.3) is 11.1 Å². The molecule has 0 unspecified atom stereocenters. The van der Waals surface area contributed by atoms with Gasteiger partial charge in [0.15, 0.2) is 0 Å². The summed E-state index contributed by atoms with van der Waals surface area (Å²) < 4.78 is 0. The third kappa shape index (κ3) is 2.06. The van der Waals surface area contributed by atoms with Crippen molar-refractivity contribution in [1.82, 2.24) is 5.43 Å². The smallest absolute Gasteiger partial charge is 0.0852 e. The molecule has 2 aromatic rings. The van der Waals surface area contributed by atoms with Crippen LogP contribution >= 0.6 is 0 Å². The van der Waals surface area contributed by atoms with Crippen molar-refractivity contribution in [3.05, 3.63) is 59.7 Å². The number of fused-ring (bicyclic) bond motifs is 2. The summed E-state index contributed by atoms with van der Waals surface area (Å²) in [6.07, 6.45) is 4.65. The summed E-state index contributed by atoms with van der Waals surface area (Å²) in [5, 5.41) is 4.46. The number of nitrogens with zero attached hydrogens (tertiary/aromatic N) is 1. The maximum atomic E-state index is 4.46. The number of hydrogen-bond acceptors (Lipinski definition) is 2. The molecule has 2 aliphatic rings. The summed E-state index contributed by atoms with van der Waals surface area (Å²) in [6, 6.07) is 17.6. The van der Waals surface area contributed by atoms with Crippen molar-refractivity contribution < 1.29 is 0 Å². The van der Waals surface area contributed by atoms with Crippen LogP contribution in [0.4, 0.5) is 0 Å². The highest BCUT2D eigenvalue weighted by Gasteiger charge is 2.39. The van der Waals surface area contributed by atoms with Gasteiger partial charge in [-0.05, 0) is 48.4 Å². The Labute approximate surface area is 125 Å². The lowest BCUT2D eigenvalue weighted by molar-refractivity contribution is 0.322. The molecule has 1 aliphatic carbocycles. The molecular weight excluding hydrogens is 256 g/mol. The Morgan fingerprint density at radius 3 is 2.67 bits per heavy atom. The molecule has 1 heterocycles. The topological polar surface area (TPSA) is 24.4 Å². The van der Waals surface area contributed by atoms with Crippen LogP contribution in [-0.2, 0) is 12.0 Å². The molecule has 0 saturated heterocycles. The predicted molar refractivity (Wildman–Crippen MR) is 87.4 cm³/mol. The van der Waals surface area contributed by atoms with Gasteiger partial charge in [-0.3, -0.25) is 5.43 Å². The molecule has 1 N–H and O–H groups in total. The van der Waals surface area contributed by atoms with Crippen LogP contribution in [0, 0.1) is 0 Å². The van der Waals surface area contributed by atoms with Crippen LogP contribution in [0.1, 0.15) is 37.3 Å². The normalized spacial score (nSPS) is 23.6. The second-order valence-electron chi connectivity index (χ2n) is 6.31. The first-order chi connectivity index (χ1) is 10.3. The number of aryl methyl sites for hydroxylation is 1. The van der Waals surface area contributed by atoms with Crippen LogP contribution < -0.4 is 5.43 Å². The van der Waals surface area contributed by atoms with E-state index in [4.69, 9.17) is 0 Å². The molecule has 1 aliphatic heterocycles. The van der Waals surface area contributed by atoms with Crippen LogP contribution in [0.3, 0.4) is 0 Å². The molecule has 1 atom stereocenters. The number of hydrazone groups is 1. The summed E-state index contributed by atoms with van der Waals surface area (Å²) in [6.45, 7) is 2.12. The average molecular weight is 276 g/mol. The monoisotopic (exact) mass is 276 g/mol. The van der Waals surface area contributed by atoms with E-state index in [1.165, 1.54) is 47.2 Å². The third-order valence-corrected chi connectivity index (χ3v) is 4.80. The fourth-order valence-electron chi connectivity index (χ4n) is 3.81. The minimum atomic E-state index is 0.0624. The molecule has 106 valence electrons. The van der Waals surface area contributed by atoms with Gasteiger partial charge in [-0.1, -0.05) is 48.5 Å². The Balaban J connectivity index is 1.76. The Bertz CT molecular complexity index is 703. The quantitative estimate of drug-likeness (QED) is 0.827. The zero-order valence-electron chi connectivity index (χ0n) is 12.4. The summed E-state index contributed by atoms with van der Waals surface area (Å²) >= 11 is 0.